The zero-order valence-corrected chi connectivity index (χ0v) is 9.31. The molecule has 0 atom stereocenters. The quantitative estimate of drug-likeness (QED) is 0.443. The van der Waals surface area contributed by atoms with Crippen molar-refractivity contribution in [1.82, 2.24) is 0 Å². The second-order valence-corrected chi connectivity index (χ2v) is 3.98. The lowest BCUT2D eigenvalue weighted by atomic mass is 10.3. The molecule has 0 saturated heterocycles. The van der Waals surface area contributed by atoms with Gasteiger partial charge in [0.05, 0.1) is 10.0 Å². The molecule has 0 amide bonds. The van der Waals surface area contributed by atoms with Gasteiger partial charge in [0.1, 0.15) is 5.69 Å². The molecule has 5 heteroatoms. The molecule has 0 heterocycles. The topological polar surface area (TPSA) is 29.4 Å². The molecule has 1 aromatic carbocycles. The van der Waals surface area contributed by atoms with E-state index >= 15 is 0 Å². The summed E-state index contributed by atoms with van der Waals surface area (Å²) in [7, 11) is 0. The van der Waals surface area contributed by atoms with Gasteiger partial charge in [-0.1, -0.05) is 23.2 Å². The molecule has 62 valence electrons. The molecule has 0 radical (unpaired) electrons. The van der Waals surface area contributed by atoms with Crippen LogP contribution in [0, 0.1) is 3.57 Å². The molecule has 0 N–H and O–H groups in total. The largest absolute Gasteiger partial charge is 0.240 e. The molecular weight excluding hydrogens is 312 g/mol. The number of rotatable bonds is 1. The Hall–Kier alpha value is -0.0900. The maximum absolute atomic E-state index is 9.95. The van der Waals surface area contributed by atoms with E-state index in [1.165, 1.54) is 6.08 Å². The van der Waals surface area contributed by atoms with E-state index in [0.717, 1.165) is 3.57 Å². The van der Waals surface area contributed by atoms with Crippen LogP contribution in [0.1, 0.15) is 0 Å². The van der Waals surface area contributed by atoms with Gasteiger partial charge in [-0.2, -0.15) is 4.99 Å². The van der Waals surface area contributed by atoms with Gasteiger partial charge >= 0.3 is 0 Å². The number of benzene rings is 1. The fraction of sp³-hybridized carbons (Fsp3) is 0. The summed E-state index contributed by atoms with van der Waals surface area (Å²) in [4.78, 5) is 13.3. The summed E-state index contributed by atoms with van der Waals surface area (Å²) in [6.07, 6.45) is 1.39. The molecule has 0 aliphatic rings. The van der Waals surface area contributed by atoms with Crippen molar-refractivity contribution in [3.63, 3.8) is 0 Å². The van der Waals surface area contributed by atoms with Gasteiger partial charge in [0.2, 0.25) is 6.08 Å². The minimum absolute atomic E-state index is 0.272. The molecule has 0 unspecified atom stereocenters. The minimum atomic E-state index is 0.272. The third-order valence-corrected chi connectivity index (χ3v) is 2.34. The van der Waals surface area contributed by atoms with Gasteiger partial charge < -0.3 is 0 Å². The Bertz CT molecular complexity index is 337. The number of hydrogen-bond donors (Lipinski definition) is 0. The molecule has 1 aromatic rings. The first kappa shape index (κ1) is 9.99. The first-order valence-electron chi connectivity index (χ1n) is 2.87. The highest BCUT2D eigenvalue weighted by Crippen LogP contribution is 2.34. The molecule has 0 saturated carbocycles. The first-order valence-corrected chi connectivity index (χ1v) is 4.71. The van der Waals surface area contributed by atoms with E-state index in [4.69, 9.17) is 23.2 Å². The molecule has 0 aliphatic carbocycles. The van der Waals surface area contributed by atoms with E-state index in [1.54, 1.807) is 12.1 Å². The average Bonchev–Trinajstić information content (AvgIpc) is 1.96. The van der Waals surface area contributed by atoms with Crippen molar-refractivity contribution < 1.29 is 4.79 Å². The van der Waals surface area contributed by atoms with Gasteiger partial charge in [0.15, 0.2) is 0 Å². The normalized spacial score (nSPS) is 9.25. The lowest BCUT2D eigenvalue weighted by Gasteiger charge is -1.99. The highest BCUT2D eigenvalue weighted by atomic mass is 127. The van der Waals surface area contributed by atoms with Gasteiger partial charge in [-0.15, -0.1) is 0 Å². The zero-order valence-electron chi connectivity index (χ0n) is 5.64. The number of aliphatic imine (C=N–C) groups is 1. The minimum Gasteiger partial charge on any atom is -0.211 e. The van der Waals surface area contributed by atoms with Crippen LogP contribution in [0.3, 0.4) is 0 Å². The van der Waals surface area contributed by atoms with Crippen LogP contribution in [0.25, 0.3) is 0 Å². The van der Waals surface area contributed by atoms with E-state index in [1.807, 2.05) is 0 Å². The van der Waals surface area contributed by atoms with Crippen LogP contribution in [-0.2, 0) is 4.79 Å². The van der Waals surface area contributed by atoms with Gasteiger partial charge in [-0.25, -0.2) is 4.79 Å². The molecule has 0 bridgehead atoms. The first-order chi connectivity index (χ1) is 5.65. The van der Waals surface area contributed by atoms with Crippen LogP contribution in [0.5, 0.6) is 0 Å². The Labute approximate surface area is 92.7 Å². The summed E-state index contributed by atoms with van der Waals surface area (Å²) in [5.41, 5.74) is 0.272. The number of carbonyl (C=O) groups excluding carboxylic acids is 1. The fourth-order valence-electron chi connectivity index (χ4n) is 0.687. The van der Waals surface area contributed by atoms with Gasteiger partial charge in [-0.3, -0.25) is 0 Å². The predicted octanol–water partition coefficient (Wildman–Crippen LogP) is 3.57. The summed E-state index contributed by atoms with van der Waals surface area (Å²) in [5.74, 6) is 0. The van der Waals surface area contributed by atoms with Crippen molar-refractivity contribution in [1.29, 1.82) is 0 Å². The van der Waals surface area contributed by atoms with E-state index < -0.39 is 0 Å². The molecule has 0 aromatic heterocycles. The molecule has 2 nitrogen and oxygen atoms in total. The van der Waals surface area contributed by atoms with Crippen LogP contribution in [0.15, 0.2) is 17.1 Å². The Balaban J connectivity index is 3.37. The maximum Gasteiger partial charge on any atom is 0.240 e. The Morgan fingerprint density at radius 2 is 1.83 bits per heavy atom. The second-order valence-electron chi connectivity index (χ2n) is 1.92. The van der Waals surface area contributed by atoms with Crippen molar-refractivity contribution >= 4 is 57.6 Å². The summed E-state index contributed by atoms with van der Waals surface area (Å²) < 4.78 is 0.896. The number of isocyanates is 1. The number of nitrogens with zero attached hydrogens (tertiary/aromatic N) is 1. The molecule has 0 aliphatic heterocycles. The van der Waals surface area contributed by atoms with Crippen molar-refractivity contribution in [3.05, 3.63) is 25.7 Å². The van der Waals surface area contributed by atoms with E-state index in [2.05, 4.69) is 27.6 Å². The number of hydrogen-bond acceptors (Lipinski definition) is 2. The molecule has 0 fully saturated rings. The summed E-state index contributed by atoms with van der Waals surface area (Å²) in [6, 6.07) is 3.34. The Kier molecular flexibility index (Phi) is 3.53. The van der Waals surface area contributed by atoms with Crippen molar-refractivity contribution in [3.8, 4) is 0 Å². The molecule has 12 heavy (non-hydrogen) atoms. The van der Waals surface area contributed by atoms with Crippen molar-refractivity contribution in [2.45, 2.75) is 0 Å². The Morgan fingerprint density at radius 3 is 2.25 bits per heavy atom. The van der Waals surface area contributed by atoms with Crippen LogP contribution in [-0.4, -0.2) is 6.08 Å². The zero-order chi connectivity index (χ0) is 9.14. The van der Waals surface area contributed by atoms with E-state index in [9.17, 15) is 4.79 Å². The van der Waals surface area contributed by atoms with Crippen LogP contribution < -0.4 is 0 Å². The van der Waals surface area contributed by atoms with Crippen molar-refractivity contribution in [2.75, 3.05) is 0 Å². The highest BCUT2D eigenvalue weighted by molar-refractivity contribution is 14.1. The summed E-state index contributed by atoms with van der Waals surface area (Å²) in [5, 5.41) is 0.713. The fourth-order valence-corrected chi connectivity index (χ4v) is 2.25. The smallest absolute Gasteiger partial charge is 0.211 e. The van der Waals surface area contributed by atoms with E-state index in [0.29, 0.717) is 10.0 Å². The monoisotopic (exact) mass is 313 g/mol. The standard InChI is InChI=1S/C7H2Cl2INO/c8-5-1-4(10)2-6(9)7(5)11-3-12/h1-2H. The van der Waals surface area contributed by atoms with Crippen LogP contribution >= 0.6 is 45.8 Å². The third-order valence-electron chi connectivity index (χ3n) is 1.14. The Morgan fingerprint density at radius 1 is 1.33 bits per heavy atom. The van der Waals surface area contributed by atoms with E-state index in [-0.39, 0.29) is 5.69 Å². The van der Waals surface area contributed by atoms with Gasteiger partial charge in [0.25, 0.3) is 0 Å². The predicted molar refractivity (Wildman–Crippen MR) is 57.0 cm³/mol. The highest BCUT2D eigenvalue weighted by Gasteiger charge is 2.05. The van der Waals surface area contributed by atoms with Gasteiger partial charge in [0, 0.05) is 3.57 Å². The van der Waals surface area contributed by atoms with Crippen molar-refractivity contribution in [2.24, 2.45) is 4.99 Å². The maximum atomic E-state index is 9.95. The average molecular weight is 314 g/mol. The van der Waals surface area contributed by atoms with Gasteiger partial charge in [-0.05, 0) is 34.7 Å². The second kappa shape index (κ2) is 4.23. The summed E-state index contributed by atoms with van der Waals surface area (Å²) >= 11 is 13.6. The number of halogens is 3. The molecule has 0 spiro atoms. The lowest BCUT2D eigenvalue weighted by Crippen LogP contribution is -1.75. The third kappa shape index (κ3) is 2.20. The lowest BCUT2D eigenvalue weighted by molar-refractivity contribution is 0.565. The molecule has 1 rings (SSSR count). The molecular formula is C7H2Cl2INO. The summed E-state index contributed by atoms with van der Waals surface area (Å²) in [6.45, 7) is 0. The van der Waals surface area contributed by atoms with Crippen LogP contribution in [0.2, 0.25) is 10.0 Å². The SMILES string of the molecule is O=C=Nc1c(Cl)cc(I)cc1Cl. The van der Waals surface area contributed by atoms with Crippen LogP contribution in [0.4, 0.5) is 5.69 Å².